The summed E-state index contributed by atoms with van der Waals surface area (Å²) in [7, 11) is 1.77. The van der Waals surface area contributed by atoms with E-state index in [-0.39, 0.29) is 10.9 Å². The number of hydrogen-bond donors (Lipinski definition) is 1. The van der Waals surface area contributed by atoms with Crippen LogP contribution in [0.2, 0.25) is 5.02 Å². The van der Waals surface area contributed by atoms with Crippen molar-refractivity contribution in [2.75, 3.05) is 5.32 Å². The van der Waals surface area contributed by atoms with Crippen LogP contribution in [-0.4, -0.2) is 20.9 Å². The number of hydrogen-bond acceptors (Lipinski definition) is 3. The second-order valence-corrected chi connectivity index (χ2v) is 7.38. The molecule has 0 spiro atoms. The lowest BCUT2D eigenvalue weighted by Crippen LogP contribution is -2.23. The summed E-state index contributed by atoms with van der Waals surface area (Å²) in [6.45, 7) is 5.22. The van der Waals surface area contributed by atoms with Gasteiger partial charge in [0.2, 0.25) is 5.91 Å². The first kappa shape index (κ1) is 19.7. The van der Waals surface area contributed by atoms with Gasteiger partial charge in [-0.1, -0.05) is 11.6 Å². The minimum Gasteiger partial charge on any atom is -0.322 e. The maximum atomic E-state index is 12.9. The molecule has 2 aromatic rings. The summed E-state index contributed by atoms with van der Waals surface area (Å²) in [6.07, 6.45) is -4.54. The van der Waals surface area contributed by atoms with Crippen LogP contribution in [0.3, 0.4) is 0 Å². The zero-order valence-electron chi connectivity index (χ0n) is 14.0. The van der Waals surface area contributed by atoms with E-state index in [4.69, 9.17) is 11.6 Å². The Morgan fingerprint density at radius 1 is 1.36 bits per heavy atom. The van der Waals surface area contributed by atoms with E-state index in [0.29, 0.717) is 16.3 Å². The van der Waals surface area contributed by atoms with Crippen molar-refractivity contribution in [2.45, 2.75) is 37.1 Å². The van der Waals surface area contributed by atoms with Crippen LogP contribution in [0.4, 0.5) is 18.9 Å². The molecular weight excluding hydrogens is 375 g/mol. The maximum absolute atomic E-state index is 12.9. The molecule has 1 atom stereocenters. The van der Waals surface area contributed by atoms with Gasteiger partial charge in [0.1, 0.15) is 0 Å². The molecule has 1 aromatic carbocycles. The van der Waals surface area contributed by atoms with Crippen LogP contribution < -0.4 is 5.32 Å². The SMILES string of the molecule is Cc1nn(C)c(C)c1NC(=O)[C@@H](C)Sc1ccc(Cl)c(C(F)(F)F)c1. The topological polar surface area (TPSA) is 46.9 Å². The lowest BCUT2D eigenvalue weighted by Gasteiger charge is -2.14. The van der Waals surface area contributed by atoms with Crippen molar-refractivity contribution < 1.29 is 18.0 Å². The van der Waals surface area contributed by atoms with Crippen molar-refractivity contribution in [3.05, 3.63) is 40.2 Å². The van der Waals surface area contributed by atoms with Crippen LogP contribution in [0, 0.1) is 13.8 Å². The van der Waals surface area contributed by atoms with Gasteiger partial charge in [-0.25, -0.2) is 0 Å². The molecule has 1 aromatic heterocycles. The van der Waals surface area contributed by atoms with Gasteiger partial charge in [0.15, 0.2) is 0 Å². The molecular formula is C16H17ClF3N3OS. The molecule has 1 heterocycles. The summed E-state index contributed by atoms with van der Waals surface area (Å²) in [4.78, 5) is 12.7. The maximum Gasteiger partial charge on any atom is 0.417 e. The highest BCUT2D eigenvalue weighted by Gasteiger charge is 2.33. The second-order valence-electron chi connectivity index (χ2n) is 5.56. The molecule has 9 heteroatoms. The third kappa shape index (κ3) is 4.49. The van der Waals surface area contributed by atoms with E-state index in [9.17, 15) is 18.0 Å². The number of nitrogens with one attached hydrogen (secondary N) is 1. The number of aromatic nitrogens is 2. The zero-order valence-corrected chi connectivity index (χ0v) is 15.6. The first-order valence-corrected chi connectivity index (χ1v) is 8.61. The fourth-order valence-electron chi connectivity index (χ4n) is 2.23. The number of benzene rings is 1. The van der Waals surface area contributed by atoms with Crippen LogP contribution in [0.5, 0.6) is 0 Å². The lowest BCUT2D eigenvalue weighted by molar-refractivity contribution is -0.137. The summed E-state index contributed by atoms with van der Waals surface area (Å²) in [5, 5.41) is 6.03. The van der Waals surface area contributed by atoms with E-state index in [1.165, 1.54) is 12.1 Å². The highest BCUT2D eigenvalue weighted by molar-refractivity contribution is 8.00. The van der Waals surface area contributed by atoms with Crippen molar-refractivity contribution in [3.8, 4) is 0 Å². The highest BCUT2D eigenvalue weighted by atomic mass is 35.5. The first-order chi connectivity index (χ1) is 11.5. The van der Waals surface area contributed by atoms with Gasteiger partial charge in [-0.05, 0) is 39.0 Å². The molecule has 2 rings (SSSR count). The monoisotopic (exact) mass is 391 g/mol. The van der Waals surface area contributed by atoms with E-state index in [1.807, 2.05) is 6.92 Å². The van der Waals surface area contributed by atoms with E-state index < -0.39 is 17.0 Å². The number of amides is 1. The molecule has 136 valence electrons. The summed E-state index contributed by atoms with van der Waals surface area (Å²) >= 11 is 6.64. The van der Waals surface area contributed by atoms with Gasteiger partial charge in [-0.2, -0.15) is 18.3 Å². The highest BCUT2D eigenvalue weighted by Crippen LogP contribution is 2.37. The Labute approximate surface area is 152 Å². The quantitative estimate of drug-likeness (QED) is 0.759. The van der Waals surface area contributed by atoms with Gasteiger partial charge in [0, 0.05) is 11.9 Å². The predicted octanol–water partition coefficient (Wildman–Crippen LogP) is 4.83. The Kier molecular flexibility index (Phi) is 5.73. The van der Waals surface area contributed by atoms with Crippen LogP contribution in [0.15, 0.2) is 23.1 Å². The van der Waals surface area contributed by atoms with Crippen molar-refractivity contribution >= 4 is 35.0 Å². The van der Waals surface area contributed by atoms with Crippen molar-refractivity contribution in [2.24, 2.45) is 7.05 Å². The normalized spacial score (nSPS) is 13.0. The molecule has 1 amide bonds. The van der Waals surface area contributed by atoms with Gasteiger partial charge in [-0.15, -0.1) is 11.8 Å². The Bertz CT molecular complexity index is 805. The number of thioether (sulfide) groups is 1. The first-order valence-electron chi connectivity index (χ1n) is 7.35. The Morgan fingerprint density at radius 2 is 2.00 bits per heavy atom. The van der Waals surface area contributed by atoms with E-state index in [0.717, 1.165) is 23.5 Å². The van der Waals surface area contributed by atoms with Gasteiger partial charge >= 0.3 is 6.18 Å². The van der Waals surface area contributed by atoms with E-state index >= 15 is 0 Å². The second kappa shape index (κ2) is 7.29. The number of alkyl halides is 3. The molecule has 0 aliphatic carbocycles. The number of anilines is 1. The molecule has 1 N–H and O–H groups in total. The summed E-state index contributed by atoms with van der Waals surface area (Å²) in [5.41, 5.74) is 1.18. The van der Waals surface area contributed by atoms with Crippen LogP contribution in [0.25, 0.3) is 0 Å². The zero-order chi connectivity index (χ0) is 18.9. The molecule has 4 nitrogen and oxygen atoms in total. The summed E-state index contributed by atoms with van der Waals surface area (Å²) < 4.78 is 40.4. The molecule has 0 unspecified atom stereocenters. The fourth-order valence-corrected chi connectivity index (χ4v) is 3.36. The number of carbonyl (C=O) groups is 1. The molecule has 0 saturated heterocycles. The molecule has 0 fully saturated rings. The number of aryl methyl sites for hydroxylation is 2. The minimum atomic E-state index is -4.54. The summed E-state index contributed by atoms with van der Waals surface area (Å²) in [6, 6.07) is 3.61. The number of halogens is 4. The minimum absolute atomic E-state index is 0.312. The average molecular weight is 392 g/mol. The fraction of sp³-hybridized carbons (Fsp3) is 0.375. The average Bonchev–Trinajstić information content (AvgIpc) is 2.74. The van der Waals surface area contributed by atoms with Crippen LogP contribution in [-0.2, 0) is 18.0 Å². The largest absolute Gasteiger partial charge is 0.417 e. The van der Waals surface area contributed by atoms with E-state index in [1.54, 1.807) is 25.6 Å². The Balaban J connectivity index is 2.14. The molecule has 0 radical (unpaired) electrons. The standard InChI is InChI=1S/C16H17ClF3N3OS/c1-8-14(9(2)23(4)22-8)21-15(24)10(3)25-11-5-6-13(17)12(7-11)16(18,19)20/h5-7,10H,1-4H3,(H,21,24)/t10-/m1/s1. The van der Waals surface area contributed by atoms with E-state index in [2.05, 4.69) is 10.4 Å². The summed E-state index contributed by atoms with van der Waals surface area (Å²) in [5.74, 6) is -0.312. The van der Waals surface area contributed by atoms with Crippen molar-refractivity contribution in [1.82, 2.24) is 9.78 Å². The molecule has 25 heavy (non-hydrogen) atoms. The van der Waals surface area contributed by atoms with Crippen LogP contribution >= 0.6 is 23.4 Å². The Morgan fingerprint density at radius 3 is 2.52 bits per heavy atom. The molecule has 0 saturated carbocycles. The number of rotatable bonds is 4. The van der Waals surface area contributed by atoms with Gasteiger partial charge in [0.05, 0.1) is 32.9 Å². The predicted molar refractivity (Wildman–Crippen MR) is 93.1 cm³/mol. The van der Waals surface area contributed by atoms with Gasteiger partial charge in [0.25, 0.3) is 0 Å². The Hall–Kier alpha value is -1.67. The number of carbonyl (C=O) groups excluding carboxylic acids is 1. The van der Waals surface area contributed by atoms with Crippen LogP contribution in [0.1, 0.15) is 23.9 Å². The third-order valence-electron chi connectivity index (χ3n) is 3.68. The van der Waals surface area contributed by atoms with Gasteiger partial charge in [-0.3, -0.25) is 9.48 Å². The number of nitrogens with zero attached hydrogens (tertiary/aromatic N) is 2. The molecule has 0 bridgehead atoms. The third-order valence-corrected chi connectivity index (χ3v) is 5.11. The van der Waals surface area contributed by atoms with Crippen molar-refractivity contribution in [1.29, 1.82) is 0 Å². The molecule has 0 aliphatic heterocycles. The van der Waals surface area contributed by atoms with Crippen molar-refractivity contribution in [3.63, 3.8) is 0 Å². The smallest absolute Gasteiger partial charge is 0.322 e. The molecule has 0 aliphatic rings. The lowest BCUT2D eigenvalue weighted by atomic mass is 10.2. The van der Waals surface area contributed by atoms with Gasteiger partial charge < -0.3 is 5.32 Å².